The first-order valence-corrected chi connectivity index (χ1v) is 11.3. The van der Waals surface area contributed by atoms with Gasteiger partial charge in [0, 0.05) is 47.7 Å². The van der Waals surface area contributed by atoms with Crippen LogP contribution >= 0.6 is 0 Å². The minimum atomic E-state index is -0.147. The number of rotatable bonds is 3. The molecular weight excluding hydrogens is 424 g/mol. The molecule has 1 fully saturated rings. The molecule has 2 heterocycles. The zero-order valence-corrected chi connectivity index (χ0v) is 18.8. The summed E-state index contributed by atoms with van der Waals surface area (Å²) in [5, 5.41) is 23.2. The number of carbonyl (C=O) groups excluding carboxylic acids is 1. The van der Waals surface area contributed by atoms with Crippen LogP contribution in [0.4, 0.5) is 16.3 Å². The fraction of sp³-hybridized carbons (Fsp3) is 0.185. The quantitative estimate of drug-likeness (QED) is 0.481. The van der Waals surface area contributed by atoms with Crippen LogP contribution in [0.15, 0.2) is 78.9 Å². The van der Waals surface area contributed by atoms with Crippen molar-refractivity contribution in [1.82, 2.24) is 15.1 Å². The number of amides is 2. The van der Waals surface area contributed by atoms with E-state index in [2.05, 4.69) is 45.5 Å². The lowest BCUT2D eigenvalue weighted by atomic mass is 10.0. The van der Waals surface area contributed by atoms with Gasteiger partial charge in [-0.2, -0.15) is 5.26 Å². The third-order valence-corrected chi connectivity index (χ3v) is 6.17. The Morgan fingerprint density at radius 3 is 2.35 bits per heavy atom. The van der Waals surface area contributed by atoms with Gasteiger partial charge in [-0.3, -0.25) is 0 Å². The molecule has 3 aromatic carbocycles. The number of carbonyl (C=O) groups is 1. The van der Waals surface area contributed by atoms with Crippen molar-refractivity contribution in [2.45, 2.75) is 13.0 Å². The number of urea groups is 1. The van der Waals surface area contributed by atoms with Gasteiger partial charge >= 0.3 is 6.03 Å². The van der Waals surface area contributed by atoms with Crippen molar-refractivity contribution in [1.29, 1.82) is 5.26 Å². The Labute approximate surface area is 198 Å². The van der Waals surface area contributed by atoms with Crippen LogP contribution in [0.25, 0.3) is 22.0 Å². The molecule has 0 saturated carbocycles. The van der Waals surface area contributed by atoms with E-state index < -0.39 is 0 Å². The van der Waals surface area contributed by atoms with Crippen LogP contribution in [-0.2, 0) is 0 Å². The average Bonchev–Trinajstić information content (AvgIpc) is 2.89. The summed E-state index contributed by atoms with van der Waals surface area (Å²) in [6.07, 6.45) is 0. The normalized spacial score (nSPS) is 15.7. The van der Waals surface area contributed by atoms with E-state index >= 15 is 0 Å². The van der Waals surface area contributed by atoms with Gasteiger partial charge in [-0.15, -0.1) is 10.2 Å². The number of anilines is 2. The smallest absolute Gasteiger partial charge is 0.321 e. The summed E-state index contributed by atoms with van der Waals surface area (Å²) in [6, 6.07) is 27.2. The standard InChI is InChI=1S/C27H24N6O/c1-19-18-32(27(34)29-22-13-11-20(17-28)12-14-22)15-16-33(19)26-24-10-6-5-9-23(24)25(30-31-26)21-7-3-2-4-8-21/h2-14,19H,15-16,18H2,1H3,(H,29,34). The summed E-state index contributed by atoms with van der Waals surface area (Å²) in [6.45, 7) is 3.90. The molecule has 1 N–H and O–H groups in total. The number of hydrogen-bond donors (Lipinski definition) is 1. The Morgan fingerprint density at radius 2 is 1.65 bits per heavy atom. The number of hydrogen-bond acceptors (Lipinski definition) is 5. The molecule has 1 aliphatic rings. The molecule has 1 saturated heterocycles. The van der Waals surface area contributed by atoms with Crippen molar-refractivity contribution < 1.29 is 4.79 Å². The largest absolute Gasteiger partial charge is 0.348 e. The number of piperazine rings is 1. The monoisotopic (exact) mass is 448 g/mol. The zero-order valence-electron chi connectivity index (χ0n) is 18.8. The van der Waals surface area contributed by atoms with Gasteiger partial charge in [-0.1, -0.05) is 54.6 Å². The van der Waals surface area contributed by atoms with Crippen molar-refractivity contribution in [2.75, 3.05) is 29.9 Å². The molecule has 1 aliphatic heterocycles. The summed E-state index contributed by atoms with van der Waals surface area (Å²) in [4.78, 5) is 16.9. The van der Waals surface area contributed by atoms with E-state index in [9.17, 15) is 4.79 Å². The number of nitrogens with one attached hydrogen (secondary N) is 1. The predicted octanol–water partition coefficient (Wildman–Crippen LogP) is 4.91. The van der Waals surface area contributed by atoms with Gasteiger partial charge in [0.15, 0.2) is 5.82 Å². The molecular formula is C27H24N6O. The number of nitrogens with zero attached hydrogens (tertiary/aromatic N) is 5. The molecule has 0 bridgehead atoms. The highest BCUT2D eigenvalue weighted by molar-refractivity contribution is 6.00. The van der Waals surface area contributed by atoms with Crippen LogP contribution in [0.5, 0.6) is 0 Å². The maximum atomic E-state index is 12.8. The van der Waals surface area contributed by atoms with Crippen LogP contribution in [0, 0.1) is 11.3 Å². The van der Waals surface area contributed by atoms with Crippen LogP contribution in [0.1, 0.15) is 12.5 Å². The van der Waals surface area contributed by atoms with E-state index in [1.54, 1.807) is 24.3 Å². The Bertz CT molecular complexity index is 1360. The number of nitriles is 1. The van der Waals surface area contributed by atoms with E-state index in [-0.39, 0.29) is 12.1 Å². The molecule has 168 valence electrons. The summed E-state index contributed by atoms with van der Waals surface area (Å²) < 4.78 is 0. The van der Waals surface area contributed by atoms with E-state index in [0.717, 1.165) is 27.8 Å². The first-order valence-electron chi connectivity index (χ1n) is 11.3. The number of fused-ring (bicyclic) bond motifs is 1. The molecule has 34 heavy (non-hydrogen) atoms. The molecule has 5 rings (SSSR count). The van der Waals surface area contributed by atoms with Crippen molar-refractivity contribution in [2.24, 2.45) is 0 Å². The van der Waals surface area contributed by atoms with Gasteiger partial charge in [0.05, 0.1) is 11.6 Å². The lowest BCUT2D eigenvalue weighted by Gasteiger charge is -2.40. The van der Waals surface area contributed by atoms with Crippen molar-refractivity contribution in [3.8, 4) is 17.3 Å². The van der Waals surface area contributed by atoms with Crippen LogP contribution in [-0.4, -0.2) is 46.8 Å². The van der Waals surface area contributed by atoms with Crippen molar-refractivity contribution in [3.63, 3.8) is 0 Å². The minimum Gasteiger partial charge on any atom is -0.348 e. The van der Waals surface area contributed by atoms with E-state index in [1.807, 2.05) is 47.4 Å². The molecule has 0 spiro atoms. The summed E-state index contributed by atoms with van der Waals surface area (Å²) in [5.41, 5.74) is 3.14. The first-order chi connectivity index (χ1) is 16.6. The van der Waals surface area contributed by atoms with E-state index in [1.165, 1.54) is 0 Å². The lowest BCUT2D eigenvalue weighted by molar-refractivity contribution is 0.200. The van der Waals surface area contributed by atoms with Crippen molar-refractivity contribution >= 4 is 28.3 Å². The lowest BCUT2D eigenvalue weighted by Crippen LogP contribution is -2.55. The third-order valence-electron chi connectivity index (χ3n) is 6.17. The summed E-state index contributed by atoms with van der Waals surface area (Å²) >= 11 is 0. The Hall–Kier alpha value is -4.44. The van der Waals surface area contributed by atoms with Crippen LogP contribution in [0.3, 0.4) is 0 Å². The highest BCUT2D eigenvalue weighted by Crippen LogP contribution is 2.32. The molecule has 1 unspecified atom stereocenters. The second-order valence-electron chi connectivity index (χ2n) is 8.39. The average molecular weight is 449 g/mol. The van der Waals surface area contributed by atoms with Gasteiger partial charge < -0.3 is 15.1 Å². The SMILES string of the molecule is CC1CN(C(=O)Nc2ccc(C#N)cc2)CCN1c1nnc(-c2ccccc2)c2ccccc12. The zero-order chi connectivity index (χ0) is 23.5. The predicted molar refractivity (Wildman–Crippen MR) is 134 cm³/mol. The fourth-order valence-corrected chi connectivity index (χ4v) is 4.40. The van der Waals surface area contributed by atoms with Gasteiger partial charge in [-0.25, -0.2) is 4.79 Å². The topological polar surface area (TPSA) is 85.2 Å². The third kappa shape index (κ3) is 4.14. The maximum absolute atomic E-state index is 12.8. The Morgan fingerprint density at radius 1 is 0.941 bits per heavy atom. The highest BCUT2D eigenvalue weighted by Gasteiger charge is 2.29. The fourth-order valence-electron chi connectivity index (χ4n) is 4.40. The molecule has 0 aliphatic carbocycles. The molecule has 0 radical (unpaired) electrons. The molecule has 1 aromatic heterocycles. The minimum absolute atomic E-state index is 0.0701. The molecule has 4 aromatic rings. The van der Waals surface area contributed by atoms with Crippen LogP contribution in [0.2, 0.25) is 0 Å². The maximum Gasteiger partial charge on any atom is 0.321 e. The Kier molecular flexibility index (Phi) is 5.79. The van der Waals surface area contributed by atoms with E-state index in [0.29, 0.717) is 30.9 Å². The van der Waals surface area contributed by atoms with Crippen molar-refractivity contribution in [3.05, 3.63) is 84.4 Å². The van der Waals surface area contributed by atoms with E-state index in [4.69, 9.17) is 5.26 Å². The number of aromatic nitrogens is 2. The first kappa shape index (κ1) is 21.4. The molecule has 2 amide bonds. The van der Waals surface area contributed by atoms with Crippen LogP contribution < -0.4 is 10.2 Å². The molecule has 7 nitrogen and oxygen atoms in total. The second-order valence-corrected chi connectivity index (χ2v) is 8.39. The van der Waals surface area contributed by atoms with Gasteiger partial charge in [0.2, 0.25) is 0 Å². The van der Waals surface area contributed by atoms with Gasteiger partial charge in [-0.05, 0) is 31.2 Å². The second kappa shape index (κ2) is 9.20. The highest BCUT2D eigenvalue weighted by atomic mass is 16.2. The summed E-state index contributed by atoms with van der Waals surface area (Å²) in [5.74, 6) is 0.843. The molecule has 1 atom stereocenters. The number of benzene rings is 3. The van der Waals surface area contributed by atoms with Gasteiger partial charge in [0.1, 0.15) is 5.69 Å². The summed E-state index contributed by atoms with van der Waals surface area (Å²) in [7, 11) is 0. The Balaban J connectivity index is 1.35. The molecule has 7 heteroatoms. The van der Waals surface area contributed by atoms with Gasteiger partial charge in [0.25, 0.3) is 0 Å².